The molecule has 1 aromatic carbocycles. The number of carboxylic acid groups (broad SMARTS) is 1. The van der Waals surface area contributed by atoms with Crippen LogP contribution in [0.15, 0.2) is 34.7 Å². The Bertz CT molecular complexity index is 604. The van der Waals surface area contributed by atoms with E-state index < -0.39 is 12.1 Å². The van der Waals surface area contributed by atoms with Crippen LogP contribution >= 0.6 is 0 Å². The molecule has 0 spiro atoms. The fraction of sp³-hybridized carbons (Fsp3) is 0.375. The van der Waals surface area contributed by atoms with Gasteiger partial charge in [-0.25, -0.2) is 9.78 Å². The van der Waals surface area contributed by atoms with E-state index in [9.17, 15) is 9.90 Å². The maximum Gasteiger partial charge on any atom is 0.373 e. The van der Waals surface area contributed by atoms with Gasteiger partial charge in [0.2, 0.25) is 11.7 Å². The van der Waals surface area contributed by atoms with Crippen molar-refractivity contribution in [1.29, 1.82) is 0 Å². The van der Waals surface area contributed by atoms with E-state index >= 15 is 0 Å². The number of aromatic nitrogens is 1. The minimum atomic E-state index is -1.10. The van der Waals surface area contributed by atoms with E-state index in [2.05, 4.69) is 4.98 Å². The fourth-order valence-electron chi connectivity index (χ4n) is 2.18. The molecule has 0 amide bonds. The van der Waals surface area contributed by atoms with Crippen LogP contribution in [0.25, 0.3) is 0 Å². The highest BCUT2D eigenvalue weighted by molar-refractivity contribution is 5.85. The minimum absolute atomic E-state index is 0.100. The van der Waals surface area contributed by atoms with Crippen LogP contribution in [0.4, 0.5) is 0 Å². The Kier molecular flexibility index (Phi) is 4.75. The van der Waals surface area contributed by atoms with Gasteiger partial charge in [-0.05, 0) is 17.9 Å². The maximum absolute atomic E-state index is 11.3. The van der Waals surface area contributed by atoms with E-state index in [0.717, 1.165) is 5.56 Å². The number of carboxylic acids is 1. The van der Waals surface area contributed by atoms with Crippen molar-refractivity contribution in [3.8, 4) is 0 Å². The Morgan fingerprint density at radius 2 is 2.00 bits per heavy atom. The van der Waals surface area contributed by atoms with Crippen LogP contribution in [0.5, 0.6) is 0 Å². The Balaban J connectivity index is 2.40. The Morgan fingerprint density at radius 3 is 2.52 bits per heavy atom. The molecule has 0 bridgehead atoms. The van der Waals surface area contributed by atoms with Crippen molar-refractivity contribution in [2.75, 3.05) is 7.11 Å². The quantitative estimate of drug-likeness (QED) is 0.883. The largest absolute Gasteiger partial charge is 0.475 e. The molecule has 0 radical (unpaired) electrons. The first kappa shape index (κ1) is 15.3. The average molecular weight is 289 g/mol. The van der Waals surface area contributed by atoms with Gasteiger partial charge in [0.1, 0.15) is 0 Å². The van der Waals surface area contributed by atoms with Crippen LogP contribution in [-0.4, -0.2) is 23.2 Å². The number of methoxy groups -OCH3 is 1. The number of benzene rings is 1. The number of oxazole rings is 1. The van der Waals surface area contributed by atoms with Crippen molar-refractivity contribution in [3.05, 3.63) is 53.2 Å². The van der Waals surface area contributed by atoms with Gasteiger partial charge in [-0.2, -0.15) is 0 Å². The lowest BCUT2D eigenvalue weighted by atomic mass is 10.1. The molecule has 112 valence electrons. The highest BCUT2D eigenvalue weighted by Crippen LogP contribution is 2.27. The highest BCUT2D eigenvalue weighted by Gasteiger charge is 2.25. The molecule has 1 unspecified atom stereocenters. The SMILES string of the molecule is COC(c1ccccc1)c1nc(CC(C)C)c(C(=O)O)o1. The molecule has 5 heteroatoms. The van der Waals surface area contributed by atoms with Crippen molar-refractivity contribution < 1.29 is 19.1 Å². The zero-order chi connectivity index (χ0) is 15.4. The van der Waals surface area contributed by atoms with Crippen molar-refractivity contribution >= 4 is 5.97 Å². The second-order valence-corrected chi connectivity index (χ2v) is 5.26. The molecule has 2 aromatic rings. The van der Waals surface area contributed by atoms with Crippen LogP contribution in [0.2, 0.25) is 0 Å². The predicted octanol–water partition coefficient (Wildman–Crippen LogP) is 3.31. The zero-order valence-electron chi connectivity index (χ0n) is 12.4. The molecular weight excluding hydrogens is 270 g/mol. The van der Waals surface area contributed by atoms with E-state index in [1.807, 2.05) is 44.2 Å². The number of aromatic carboxylic acids is 1. The fourth-order valence-corrected chi connectivity index (χ4v) is 2.18. The monoisotopic (exact) mass is 289 g/mol. The summed E-state index contributed by atoms with van der Waals surface area (Å²) in [4.78, 5) is 15.6. The average Bonchev–Trinajstić information content (AvgIpc) is 2.84. The normalized spacial score (nSPS) is 12.6. The zero-order valence-corrected chi connectivity index (χ0v) is 12.4. The molecule has 0 aliphatic rings. The summed E-state index contributed by atoms with van der Waals surface area (Å²) in [5, 5.41) is 9.24. The summed E-state index contributed by atoms with van der Waals surface area (Å²) in [6.45, 7) is 4.01. The highest BCUT2D eigenvalue weighted by atomic mass is 16.5. The number of carbonyl (C=O) groups is 1. The first-order valence-electron chi connectivity index (χ1n) is 6.83. The lowest BCUT2D eigenvalue weighted by Crippen LogP contribution is -2.04. The van der Waals surface area contributed by atoms with Crippen molar-refractivity contribution in [2.24, 2.45) is 5.92 Å². The lowest BCUT2D eigenvalue weighted by molar-refractivity contribution is 0.0643. The van der Waals surface area contributed by atoms with Crippen molar-refractivity contribution in [3.63, 3.8) is 0 Å². The lowest BCUT2D eigenvalue weighted by Gasteiger charge is -2.11. The molecule has 1 heterocycles. The molecule has 0 saturated carbocycles. The number of ether oxygens (including phenoxy) is 1. The minimum Gasteiger partial charge on any atom is -0.475 e. The van der Waals surface area contributed by atoms with Gasteiger partial charge in [0, 0.05) is 7.11 Å². The predicted molar refractivity (Wildman–Crippen MR) is 77.3 cm³/mol. The Labute approximate surface area is 123 Å². The van der Waals surface area contributed by atoms with Crippen LogP contribution < -0.4 is 0 Å². The molecule has 5 nitrogen and oxygen atoms in total. The third-order valence-electron chi connectivity index (χ3n) is 3.07. The summed E-state index contributed by atoms with van der Waals surface area (Å²) < 4.78 is 10.9. The number of hydrogen-bond acceptors (Lipinski definition) is 4. The van der Waals surface area contributed by atoms with E-state index in [0.29, 0.717) is 18.0 Å². The topological polar surface area (TPSA) is 72.6 Å². The van der Waals surface area contributed by atoms with Gasteiger partial charge in [-0.15, -0.1) is 0 Å². The smallest absolute Gasteiger partial charge is 0.373 e. The second kappa shape index (κ2) is 6.54. The van der Waals surface area contributed by atoms with Gasteiger partial charge in [-0.1, -0.05) is 44.2 Å². The molecule has 1 atom stereocenters. The molecular formula is C16H19NO4. The summed E-state index contributed by atoms with van der Waals surface area (Å²) in [6.07, 6.45) is 0.0429. The van der Waals surface area contributed by atoms with Crippen LogP contribution in [-0.2, 0) is 11.2 Å². The van der Waals surface area contributed by atoms with E-state index in [-0.39, 0.29) is 11.7 Å². The molecule has 0 fully saturated rings. The summed E-state index contributed by atoms with van der Waals surface area (Å²) in [5.41, 5.74) is 1.33. The van der Waals surface area contributed by atoms with Crippen LogP contribution in [0, 0.1) is 5.92 Å². The van der Waals surface area contributed by atoms with Gasteiger partial charge in [0.25, 0.3) is 0 Å². The standard InChI is InChI=1S/C16H19NO4/c1-10(2)9-12-14(16(18)19)21-15(17-12)13(20-3)11-7-5-4-6-8-11/h4-8,10,13H,9H2,1-3H3,(H,18,19). The third-order valence-corrected chi connectivity index (χ3v) is 3.07. The number of rotatable bonds is 6. The molecule has 1 aromatic heterocycles. The summed E-state index contributed by atoms with van der Waals surface area (Å²) >= 11 is 0. The van der Waals surface area contributed by atoms with Gasteiger partial charge in [0.15, 0.2) is 6.10 Å². The maximum atomic E-state index is 11.3. The first-order valence-corrected chi connectivity index (χ1v) is 6.83. The molecule has 1 N–H and O–H groups in total. The third kappa shape index (κ3) is 3.49. The summed E-state index contributed by atoms with van der Waals surface area (Å²) in [7, 11) is 1.55. The first-order chi connectivity index (χ1) is 10.0. The summed E-state index contributed by atoms with van der Waals surface area (Å²) in [6, 6.07) is 9.45. The van der Waals surface area contributed by atoms with Gasteiger partial charge in [-0.3, -0.25) is 0 Å². The van der Waals surface area contributed by atoms with E-state index in [4.69, 9.17) is 9.15 Å². The van der Waals surface area contributed by atoms with Crippen LogP contribution in [0.3, 0.4) is 0 Å². The Morgan fingerprint density at radius 1 is 1.33 bits per heavy atom. The number of nitrogens with zero attached hydrogens (tertiary/aromatic N) is 1. The van der Waals surface area contributed by atoms with Gasteiger partial charge in [0.05, 0.1) is 5.69 Å². The van der Waals surface area contributed by atoms with E-state index in [1.54, 1.807) is 7.11 Å². The Hall–Kier alpha value is -2.14. The van der Waals surface area contributed by atoms with E-state index in [1.165, 1.54) is 0 Å². The molecule has 21 heavy (non-hydrogen) atoms. The van der Waals surface area contributed by atoms with Crippen molar-refractivity contribution in [1.82, 2.24) is 4.98 Å². The van der Waals surface area contributed by atoms with Crippen molar-refractivity contribution in [2.45, 2.75) is 26.4 Å². The molecule has 2 rings (SSSR count). The molecule has 0 saturated heterocycles. The molecule has 0 aliphatic heterocycles. The second-order valence-electron chi connectivity index (χ2n) is 5.26. The van der Waals surface area contributed by atoms with Gasteiger partial charge >= 0.3 is 5.97 Å². The summed E-state index contributed by atoms with van der Waals surface area (Å²) in [5.74, 6) is -0.639. The molecule has 0 aliphatic carbocycles. The van der Waals surface area contributed by atoms with Crippen LogP contribution in [0.1, 0.15) is 47.7 Å². The van der Waals surface area contributed by atoms with Gasteiger partial charge < -0.3 is 14.3 Å². The number of hydrogen-bond donors (Lipinski definition) is 1.